The van der Waals surface area contributed by atoms with Crippen molar-refractivity contribution >= 4 is 33.3 Å². The van der Waals surface area contributed by atoms with Crippen molar-refractivity contribution in [1.82, 2.24) is 4.40 Å². The molecule has 19 heavy (non-hydrogen) atoms. The summed E-state index contributed by atoms with van der Waals surface area (Å²) < 4.78 is 29.1. The van der Waals surface area contributed by atoms with Gasteiger partial charge in [-0.05, 0) is 6.07 Å². The highest BCUT2D eigenvalue weighted by Crippen LogP contribution is 2.24. The Morgan fingerprint density at radius 2 is 2.16 bits per heavy atom. The molecule has 0 radical (unpaired) electrons. The van der Waals surface area contributed by atoms with Gasteiger partial charge in [-0.25, -0.2) is 8.78 Å². The zero-order valence-corrected chi connectivity index (χ0v) is 10.7. The third kappa shape index (κ3) is 1.67. The van der Waals surface area contributed by atoms with Crippen LogP contribution in [-0.2, 0) is 0 Å². The quantitative estimate of drug-likeness (QED) is 0.630. The molecule has 2 aromatic heterocycles. The second-order valence-corrected chi connectivity index (χ2v) is 4.92. The standard InChI is InChI=1S/C13H8F2N2OS/c1-16-6-8-12(15)9(14)4-7-10(18)5-11-17(13(7)8)2-3-19-11/h2-6H,1H3. The van der Waals surface area contributed by atoms with Crippen LogP contribution >= 0.6 is 11.3 Å². The Bertz CT molecular complexity index is 880. The number of nitrogens with zero attached hydrogens (tertiary/aromatic N) is 2. The molecule has 0 aliphatic rings. The maximum Gasteiger partial charge on any atom is 0.191 e. The maximum atomic E-state index is 13.9. The molecule has 1 aromatic carbocycles. The summed E-state index contributed by atoms with van der Waals surface area (Å²) in [5, 5.41) is 1.92. The van der Waals surface area contributed by atoms with Crippen LogP contribution in [0.2, 0.25) is 0 Å². The van der Waals surface area contributed by atoms with E-state index in [9.17, 15) is 13.6 Å². The number of aliphatic imine (C=N–C) groups is 1. The molecule has 0 saturated carbocycles. The van der Waals surface area contributed by atoms with Gasteiger partial charge in [0, 0.05) is 36.3 Å². The van der Waals surface area contributed by atoms with E-state index in [-0.39, 0.29) is 16.4 Å². The second kappa shape index (κ2) is 4.24. The highest BCUT2D eigenvalue weighted by atomic mass is 32.1. The molecule has 3 rings (SSSR count). The van der Waals surface area contributed by atoms with Crippen LogP contribution in [0.15, 0.2) is 33.5 Å². The van der Waals surface area contributed by atoms with E-state index in [1.165, 1.54) is 30.7 Å². The molecule has 0 amide bonds. The summed E-state index contributed by atoms with van der Waals surface area (Å²) in [7, 11) is 1.46. The Morgan fingerprint density at radius 1 is 1.37 bits per heavy atom. The van der Waals surface area contributed by atoms with Crippen LogP contribution in [0.3, 0.4) is 0 Å². The number of hydrogen-bond acceptors (Lipinski definition) is 3. The molecule has 0 fully saturated rings. The first kappa shape index (κ1) is 12.0. The predicted molar refractivity (Wildman–Crippen MR) is 72.5 cm³/mol. The van der Waals surface area contributed by atoms with E-state index >= 15 is 0 Å². The molecular formula is C13H8F2N2OS. The first-order valence-electron chi connectivity index (χ1n) is 5.46. The second-order valence-electron chi connectivity index (χ2n) is 3.99. The summed E-state index contributed by atoms with van der Waals surface area (Å²) in [6.07, 6.45) is 2.94. The first-order valence-corrected chi connectivity index (χ1v) is 6.34. The lowest BCUT2D eigenvalue weighted by Crippen LogP contribution is -2.08. The van der Waals surface area contributed by atoms with Gasteiger partial charge >= 0.3 is 0 Å². The average molecular weight is 278 g/mol. The van der Waals surface area contributed by atoms with E-state index in [4.69, 9.17) is 0 Å². The third-order valence-corrected chi connectivity index (χ3v) is 3.70. The van der Waals surface area contributed by atoms with E-state index in [2.05, 4.69) is 4.99 Å². The van der Waals surface area contributed by atoms with Crippen molar-refractivity contribution < 1.29 is 8.78 Å². The Kier molecular flexibility index (Phi) is 2.67. The van der Waals surface area contributed by atoms with Gasteiger partial charge in [-0.2, -0.15) is 0 Å². The minimum absolute atomic E-state index is 0.0106. The molecule has 6 heteroatoms. The summed E-state index contributed by atoms with van der Waals surface area (Å²) in [4.78, 5) is 16.4. The fraction of sp³-hybridized carbons (Fsp3) is 0.0769. The van der Waals surface area contributed by atoms with Gasteiger partial charge in [-0.3, -0.25) is 9.79 Å². The monoisotopic (exact) mass is 278 g/mol. The molecule has 2 heterocycles. The van der Waals surface area contributed by atoms with Crippen molar-refractivity contribution in [1.29, 1.82) is 0 Å². The van der Waals surface area contributed by atoms with E-state index in [1.807, 2.05) is 0 Å². The Labute approximate surface area is 110 Å². The molecule has 0 atom stereocenters. The molecule has 3 aromatic rings. The van der Waals surface area contributed by atoms with Gasteiger partial charge in [-0.15, -0.1) is 11.3 Å². The lowest BCUT2D eigenvalue weighted by atomic mass is 10.1. The highest BCUT2D eigenvalue weighted by Gasteiger charge is 2.16. The van der Waals surface area contributed by atoms with E-state index in [0.29, 0.717) is 10.3 Å². The van der Waals surface area contributed by atoms with Crippen LogP contribution in [0.5, 0.6) is 0 Å². The van der Waals surface area contributed by atoms with Crippen molar-refractivity contribution in [3.05, 3.63) is 51.1 Å². The minimum atomic E-state index is -1.05. The SMILES string of the molecule is CN=Cc1c(F)c(F)cc2c(=O)cc3sccn3c12. The molecule has 96 valence electrons. The summed E-state index contributed by atoms with van der Waals surface area (Å²) in [5.74, 6) is -2.04. The van der Waals surface area contributed by atoms with Crippen LogP contribution < -0.4 is 5.43 Å². The van der Waals surface area contributed by atoms with Crippen LogP contribution in [0.1, 0.15) is 5.56 Å². The summed E-state index contributed by atoms with van der Waals surface area (Å²) in [6.45, 7) is 0. The predicted octanol–water partition coefficient (Wildman–Crippen LogP) is 2.84. The molecule has 0 unspecified atom stereocenters. The van der Waals surface area contributed by atoms with Crippen molar-refractivity contribution in [2.75, 3.05) is 7.05 Å². The number of fused-ring (bicyclic) bond motifs is 3. The first-order chi connectivity index (χ1) is 9.13. The van der Waals surface area contributed by atoms with E-state index in [0.717, 1.165) is 6.07 Å². The summed E-state index contributed by atoms with van der Waals surface area (Å²) in [5.41, 5.74) is -0.000969. The molecule has 0 spiro atoms. The van der Waals surface area contributed by atoms with Gasteiger partial charge in [0.2, 0.25) is 0 Å². The zero-order valence-electron chi connectivity index (χ0n) is 9.85. The topological polar surface area (TPSA) is 33.8 Å². The summed E-state index contributed by atoms with van der Waals surface area (Å²) >= 11 is 1.36. The van der Waals surface area contributed by atoms with E-state index in [1.54, 1.807) is 16.0 Å². The number of aromatic nitrogens is 1. The Hall–Kier alpha value is -2.08. The third-order valence-electron chi connectivity index (χ3n) is 2.88. The van der Waals surface area contributed by atoms with Gasteiger partial charge in [-0.1, -0.05) is 0 Å². The van der Waals surface area contributed by atoms with Gasteiger partial charge in [0.15, 0.2) is 17.1 Å². The normalized spacial score (nSPS) is 11.9. The molecule has 0 saturated heterocycles. The fourth-order valence-electron chi connectivity index (χ4n) is 2.10. The Morgan fingerprint density at radius 3 is 2.89 bits per heavy atom. The average Bonchev–Trinajstić information content (AvgIpc) is 2.83. The molecule has 0 N–H and O–H groups in total. The van der Waals surface area contributed by atoms with Crippen molar-refractivity contribution in [3.63, 3.8) is 0 Å². The molecule has 0 aliphatic carbocycles. The lowest BCUT2D eigenvalue weighted by molar-refractivity contribution is 0.509. The lowest BCUT2D eigenvalue weighted by Gasteiger charge is -2.07. The van der Waals surface area contributed by atoms with Crippen molar-refractivity contribution in [2.24, 2.45) is 4.99 Å². The number of pyridine rings is 1. The van der Waals surface area contributed by atoms with Crippen LogP contribution in [0.25, 0.3) is 15.7 Å². The van der Waals surface area contributed by atoms with Crippen LogP contribution in [0, 0.1) is 11.6 Å². The van der Waals surface area contributed by atoms with Gasteiger partial charge in [0.25, 0.3) is 0 Å². The van der Waals surface area contributed by atoms with Crippen molar-refractivity contribution in [3.8, 4) is 0 Å². The maximum absolute atomic E-state index is 13.9. The minimum Gasteiger partial charge on any atom is -0.306 e. The van der Waals surface area contributed by atoms with E-state index < -0.39 is 11.6 Å². The van der Waals surface area contributed by atoms with Gasteiger partial charge in [0.1, 0.15) is 4.83 Å². The van der Waals surface area contributed by atoms with Gasteiger partial charge in [0.05, 0.1) is 11.1 Å². The molecule has 0 aliphatic heterocycles. The number of halogens is 2. The fourth-order valence-corrected chi connectivity index (χ4v) is 2.86. The van der Waals surface area contributed by atoms with Crippen LogP contribution in [-0.4, -0.2) is 17.7 Å². The molecule has 0 bridgehead atoms. The largest absolute Gasteiger partial charge is 0.306 e. The summed E-state index contributed by atoms with van der Waals surface area (Å²) in [6, 6.07) is 2.35. The number of thiazole rings is 1. The smallest absolute Gasteiger partial charge is 0.191 e. The molecule has 3 nitrogen and oxygen atoms in total. The van der Waals surface area contributed by atoms with Crippen LogP contribution in [0.4, 0.5) is 8.78 Å². The Balaban J connectivity index is 2.69. The van der Waals surface area contributed by atoms with Gasteiger partial charge < -0.3 is 4.40 Å². The number of rotatable bonds is 1. The van der Waals surface area contributed by atoms with Crippen molar-refractivity contribution in [2.45, 2.75) is 0 Å². The number of hydrogen-bond donors (Lipinski definition) is 0. The number of benzene rings is 1. The zero-order chi connectivity index (χ0) is 13.6. The highest BCUT2D eigenvalue weighted by molar-refractivity contribution is 7.15. The molecular weight excluding hydrogens is 270 g/mol.